The molecule has 0 saturated carbocycles. The van der Waals surface area contributed by atoms with Crippen molar-refractivity contribution in [2.75, 3.05) is 0 Å². The van der Waals surface area contributed by atoms with Gasteiger partial charge in [-0.2, -0.15) is 0 Å². The first-order valence-electron chi connectivity index (χ1n) is 6.21. The summed E-state index contributed by atoms with van der Waals surface area (Å²) in [5, 5.41) is 11.5. The topological polar surface area (TPSA) is 66.4 Å². The Morgan fingerprint density at radius 3 is 2.53 bits per heavy atom. The summed E-state index contributed by atoms with van der Waals surface area (Å²) in [5.74, 6) is -2.20. The van der Waals surface area contributed by atoms with Crippen molar-refractivity contribution < 1.29 is 19.1 Å². The Morgan fingerprint density at radius 2 is 2.00 bits per heavy atom. The summed E-state index contributed by atoms with van der Waals surface area (Å²) in [7, 11) is 0. The molecular weight excluding hydrogens is 249 g/mol. The van der Waals surface area contributed by atoms with Crippen LogP contribution in [0.2, 0.25) is 0 Å². The molecule has 0 bridgehead atoms. The maximum absolute atomic E-state index is 13.4. The van der Waals surface area contributed by atoms with Gasteiger partial charge in [-0.15, -0.1) is 0 Å². The van der Waals surface area contributed by atoms with Gasteiger partial charge in [-0.1, -0.05) is 38.5 Å². The SMILES string of the molecule is CCC(C)[C@H](NC(=O)Cc1ccccc1F)C(=O)O. The van der Waals surface area contributed by atoms with E-state index < -0.39 is 23.7 Å². The number of rotatable bonds is 6. The Kier molecular flexibility index (Phi) is 5.48. The normalized spacial score (nSPS) is 13.6. The van der Waals surface area contributed by atoms with Crippen LogP contribution in [0.1, 0.15) is 25.8 Å². The molecule has 0 aromatic heterocycles. The van der Waals surface area contributed by atoms with Gasteiger partial charge in [0.15, 0.2) is 0 Å². The molecule has 0 heterocycles. The van der Waals surface area contributed by atoms with E-state index >= 15 is 0 Å². The Morgan fingerprint density at radius 1 is 1.37 bits per heavy atom. The third-order valence-electron chi connectivity index (χ3n) is 3.10. The molecule has 5 heteroatoms. The predicted molar refractivity (Wildman–Crippen MR) is 69.1 cm³/mol. The molecule has 1 rings (SSSR count). The minimum atomic E-state index is -1.07. The van der Waals surface area contributed by atoms with E-state index in [1.54, 1.807) is 13.0 Å². The quantitative estimate of drug-likeness (QED) is 0.828. The van der Waals surface area contributed by atoms with Crippen LogP contribution in [-0.4, -0.2) is 23.0 Å². The standard InChI is InChI=1S/C14H18FNO3/c1-3-9(2)13(14(18)19)16-12(17)8-10-6-4-5-7-11(10)15/h4-7,9,13H,3,8H2,1-2H3,(H,16,17)(H,18,19)/t9?,13-/m0/s1. The van der Waals surface area contributed by atoms with Crippen LogP contribution < -0.4 is 5.32 Å². The molecule has 4 nitrogen and oxygen atoms in total. The molecule has 1 unspecified atom stereocenters. The van der Waals surface area contributed by atoms with Crippen LogP contribution in [0.4, 0.5) is 4.39 Å². The number of hydrogen-bond donors (Lipinski definition) is 2. The van der Waals surface area contributed by atoms with Gasteiger partial charge in [0.25, 0.3) is 0 Å². The highest BCUT2D eigenvalue weighted by Gasteiger charge is 2.25. The van der Waals surface area contributed by atoms with E-state index in [2.05, 4.69) is 5.32 Å². The summed E-state index contributed by atoms with van der Waals surface area (Å²) in [5.41, 5.74) is 0.258. The Hall–Kier alpha value is -1.91. The second-order valence-corrected chi connectivity index (χ2v) is 4.54. The molecule has 1 aromatic carbocycles. The molecule has 104 valence electrons. The van der Waals surface area contributed by atoms with Gasteiger partial charge in [0.1, 0.15) is 11.9 Å². The van der Waals surface area contributed by atoms with Gasteiger partial charge in [-0.05, 0) is 17.5 Å². The number of benzene rings is 1. The first kappa shape index (κ1) is 15.1. The number of carbonyl (C=O) groups is 2. The third-order valence-corrected chi connectivity index (χ3v) is 3.10. The van der Waals surface area contributed by atoms with Gasteiger partial charge < -0.3 is 10.4 Å². The number of carbonyl (C=O) groups excluding carboxylic acids is 1. The Labute approximate surface area is 111 Å². The average molecular weight is 267 g/mol. The fraction of sp³-hybridized carbons (Fsp3) is 0.429. The monoisotopic (exact) mass is 267 g/mol. The van der Waals surface area contributed by atoms with E-state index in [0.29, 0.717) is 6.42 Å². The van der Waals surface area contributed by atoms with Crippen molar-refractivity contribution in [3.63, 3.8) is 0 Å². The zero-order chi connectivity index (χ0) is 14.4. The average Bonchev–Trinajstić information content (AvgIpc) is 2.37. The molecule has 0 aliphatic carbocycles. The zero-order valence-electron chi connectivity index (χ0n) is 11.0. The number of amides is 1. The largest absolute Gasteiger partial charge is 0.480 e. The van der Waals surface area contributed by atoms with Crippen LogP contribution in [0.3, 0.4) is 0 Å². The van der Waals surface area contributed by atoms with Crippen molar-refractivity contribution in [3.05, 3.63) is 35.6 Å². The van der Waals surface area contributed by atoms with E-state index in [-0.39, 0.29) is 17.9 Å². The molecule has 19 heavy (non-hydrogen) atoms. The lowest BCUT2D eigenvalue weighted by Crippen LogP contribution is -2.45. The highest BCUT2D eigenvalue weighted by atomic mass is 19.1. The fourth-order valence-corrected chi connectivity index (χ4v) is 1.72. The summed E-state index contributed by atoms with van der Waals surface area (Å²) in [4.78, 5) is 22.8. The van der Waals surface area contributed by atoms with Crippen molar-refractivity contribution in [1.29, 1.82) is 0 Å². The van der Waals surface area contributed by atoms with Crippen molar-refractivity contribution in [3.8, 4) is 0 Å². The molecule has 2 atom stereocenters. The summed E-state index contributed by atoms with van der Waals surface area (Å²) >= 11 is 0. The number of nitrogens with one attached hydrogen (secondary N) is 1. The highest BCUT2D eigenvalue weighted by Crippen LogP contribution is 2.10. The van der Waals surface area contributed by atoms with Crippen LogP contribution in [0, 0.1) is 11.7 Å². The lowest BCUT2D eigenvalue weighted by Gasteiger charge is -2.20. The minimum absolute atomic E-state index is 0.160. The fourth-order valence-electron chi connectivity index (χ4n) is 1.72. The number of aliphatic carboxylic acids is 1. The second-order valence-electron chi connectivity index (χ2n) is 4.54. The first-order valence-corrected chi connectivity index (χ1v) is 6.21. The smallest absolute Gasteiger partial charge is 0.326 e. The lowest BCUT2D eigenvalue weighted by atomic mass is 9.99. The van der Waals surface area contributed by atoms with Crippen LogP contribution in [0.15, 0.2) is 24.3 Å². The zero-order valence-corrected chi connectivity index (χ0v) is 11.0. The summed E-state index contributed by atoms with van der Waals surface area (Å²) < 4.78 is 13.4. The molecule has 0 aliphatic heterocycles. The van der Waals surface area contributed by atoms with E-state index in [1.807, 2.05) is 6.92 Å². The van der Waals surface area contributed by atoms with Gasteiger partial charge in [-0.3, -0.25) is 4.79 Å². The third kappa shape index (κ3) is 4.35. The van der Waals surface area contributed by atoms with E-state index in [4.69, 9.17) is 5.11 Å². The van der Waals surface area contributed by atoms with Gasteiger partial charge in [0.05, 0.1) is 6.42 Å². The van der Waals surface area contributed by atoms with Crippen LogP contribution in [-0.2, 0) is 16.0 Å². The van der Waals surface area contributed by atoms with Crippen molar-refractivity contribution in [1.82, 2.24) is 5.32 Å². The minimum Gasteiger partial charge on any atom is -0.480 e. The Balaban J connectivity index is 2.68. The van der Waals surface area contributed by atoms with Crippen LogP contribution >= 0.6 is 0 Å². The predicted octanol–water partition coefficient (Wildman–Crippen LogP) is 1.98. The number of hydrogen-bond acceptors (Lipinski definition) is 2. The summed E-state index contributed by atoms with van der Waals surface area (Å²) in [6.07, 6.45) is 0.476. The number of carboxylic acids is 1. The maximum atomic E-state index is 13.4. The summed E-state index contributed by atoms with van der Waals surface area (Å²) in [6, 6.07) is 5.01. The van der Waals surface area contributed by atoms with Crippen molar-refractivity contribution >= 4 is 11.9 Å². The molecule has 0 fully saturated rings. The maximum Gasteiger partial charge on any atom is 0.326 e. The second kappa shape index (κ2) is 6.87. The Bertz CT molecular complexity index is 462. The highest BCUT2D eigenvalue weighted by molar-refractivity contribution is 5.85. The molecule has 0 aliphatic rings. The molecule has 0 radical (unpaired) electrons. The number of carboxylic acid groups (broad SMARTS) is 1. The molecule has 1 aromatic rings. The molecule has 0 saturated heterocycles. The van der Waals surface area contributed by atoms with Gasteiger partial charge in [0.2, 0.25) is 5.91 Å². The van der Waals surface area contributed by atoms with Gasteiger partial charge >= 0.3 is 5.97 Å². The number of halogens is 1. The first-order chi connectivity index (χ1) is 8.95. The van der Waals surface area contributed by atoms with Crippen LogP contribution in [0.25, 0.3) is 0 Å². The van der Waals surface area contributed by atoms with E-state index in [1.165, 1.54) is 18.2 Å². The van der Waals surface area contributed by atoms with Gasteiger partial charge in [0, 0.05) is 0 Å². The van der Waals surface area contributed by atoms with Crippen LogP contribution in [0.5, 0.6) is 0 Å². The molecule has 1 amide bonds. The van der Waals surface area contributed by atoms with Crippen molar-refractivity contribution in [2.24, 2.45) is 5.92 Å². The lowest BCUT2D eigenvalue weighted by molar-refractivity contribution is -0.143. The van der Waals surface area contributed by atoms with E-state index in [0.717, 1.165) is 0 Å². The summed E-state index contributed by atoms with van der Waals surface area (Å²) in [6.45, 7) is 3.60. The van der Waals surface area contributed by atoms with E-state index in [9.17, 15) is 14.0 Å². The molecule has 0 spiro atoms. The molecular formula is C14H18FNO3. The van der Waals surface area contributed by atoms with Crippen molar-refractivity contribution in [2.45, 2.75) is 32.7 Å². The molecule has 2 N–H and O–H groups in total. The van der Waals surface area contributed by atoms with Gasteiger partial charge in [-0.25, -0.2) is 9.18 Å².